The van der Waals surface area contributed by atoms with Crippen LogP contribution in [0.5, 0.6) is 0 Å². The molecule has 0 aliphatic heterocycles. The number of aromatic nitrogens is 3. The SMILES string of the molecule is CN(C(=O)Cn1nc2ccc(C(=O)NCc3ccccc3)cn2c1=O)c1ccccc1. The number of likely N-dealkylation sites (N-methyl/N-ethyl adjacent to an activating group) is 1. The number of hydrogen-bond acceptors (Lipinski definition) is 4. The molecule has 0 unspecified atom stereocenters. The minimum absolute atomic E-state index is 0.207. The van der Waals surface area contributed by atoms with Crippen LogP contribution in [0.25, 0.3) is 5.65 Å². The topological polar surface area (TPSA) is 88.7 Å². The lowest BCUT2D eigenvalue weighted by atomic mass is 10.2. The molecule has 0 aliphatic carbocycles. The first-order valence-corrected chi connectivity index (χ1v) is 9.76. The van der Waals surface area contributed by atoms with E-state index in [-0.39, 0.29) is 18.4 Å². The van der Waals surface area contributed by atoms with Crippen molar-refractivity contribution in [3.63, 3.8) is 0 Å². The highest BCUT2D eigenvalue weighted by atomic mass is 16.2. The lowest BCUT2D eigenvalue weighted by Gasteiger charge is -2.16. The molecular formula is C23H21N5O3. The van der Waals surface area contributed by atoms with Crippen LogP contribution < -0.4 is 15.9 Å². The molecule has 2 amide bonds. The highest BCUT2D eigenvalue weighted by Crippen LogP contribution is 2.11. The molecule has 2 heterocycles. The number of anilines is 1. The van der Waals surface area contributed by atoms with Crippen LogP contribution in [0.4, 0.5) is 5.69 Å². The number of carbonyl (C=O) groups is 2. The third-order valence-corrected chi connectivity index (χ3v) is 4.94. The molecule has 2 aromatic carbocycles. The van der Waals surface area contributed by atoms with Gasteiger partial charge in [0.25, 0.3) is 5.91 Å². The van der Waals surface area contributed by atoms with E-state index < -0.39 is 5.69 Å². The zero-order valence-corrected chi connectivity index (χ0v) is 16.9. The number of pyridine rings is 1. The molecule has 0 spiro atoms. The molecule has 4 rings (SSSR count). The van der Waals surface area contributed by atoms with Crippen molar-refractivity contribution in [2.75, 3.05) is 11.9 Å². The van der Waals surface area contributed by atoms with Gasteiger partial charge in [-0.05, 0) is 29.8 Å². The minimum Gasteiger partial charge on any atom is -0.348 e. The van der Waals surface area contributed by atoms with Crippen LogP contribution in [-0.2, 0) is 17.9 Å². The monoisotopic (exact) mass is 415 g/mol. The van der Waals surface area contributed by atoms with E-state index in [1.54, 1.807) is 19.2 Å². The van der Waals surface area contributed by atoms with Crippen LogP contribution in [0, 0.1) is 0 Å². The fourth-order valence-electron chi connectivity index (χ4n) is 3.17. The number of carbonyl (C=O) groups excluding carboxylic acids is 2. The summed E-state index contributed by atoms with van der Waals surface area (Å²) in [5, 5.41) is 7.04. The van der Waals surface area contributed by atoms with Crippen molar-refractivity contribution in [2.24, 2.45) is 0 Å². The molecule has 4 aromatic rings. The van der Waals surface area contributed by atoms with Crippen LogP contribution in [-0.4, -0.2) is 33.0 Å². The first kappa shape index (κ1) is 20.1. The molecule has 0 aliphatic rings. The first-order valence-electron chi connectivity index (χ1n) is 9.76. The Hall–Kier alpha value is -4.20. The molecular weight excluding hydrogens is 394 g/mol. The van der Waals surface area contributed by atoms with Gasteiger partial charge in [0.15, 0.2) is 5.65 Å². The van der Waals surface area contributed by atoms with Gasteiger partial charge in [-0.3, -0.25) is 9.59 Å². The van der Waals surface area contributed by atoms with Gasteiger partial charge in [0, 0.05) is 25.5 Å². The largest absolute Gasteiger partial charge is 0.350 e. The highest BCUT2D eigenvalue weighted by Gasteiger charge is 2.16. The van der Waals surface area contributed by atoms with Crippen LogP contribution in [0.1, 0.15) is 15.9 Å². The number of benzene rings is 2. The summed E-state index contributed by atoms with van der Waals surface area (Å²) in [5.74, 6) is -0.581. The van der Waals surface area contributed by atoms with Gasteiger partial charge in [0.2, 0.25) is 5.91 Å². The fraction of sp³-hybridized carbons (Fsp3) is 0.130. The van der Waals surface area contributed by atoms with Crippen LogP contribution in [0.2, 0.25) is 0 Å². The molecule has 0 atom stereocenters. The Labute approximate surface area is 178 Å². The summed E-state index contributed by atoms with van der Waals surface area (Å²) in [7, 11) is 1.65. The Kier molecular flexibility index (Phi) is 5.61. The Morgan fingerprint density at radius 1 is 0.968 bits per heavy atom. The molecule has 1 N–H and O–H groups in total. The molecule has 0 bridgehead atoms. The molecule has 8 heteroatoms. The predicted octanol–water partition coefficient (Wildman–Crippen LogP) is 2.09. The van der Waals surface area contributed by atoms with E-state index in [1.165, 1.54) is 15.5 Å². The summed E-state index contributed by atoms with van der Waals surface area (Å²) in [6.07, 6.45) is 1.44. The third kappa shape index (κ3) is 4.37. The van der Waals surface area contributed by atoms with Gasteiger partial charge in [0.05, 0.1) is 5.56 Å². The third-order valence-electron chi connectivity index (χ3n) is 4.94. The molecule has 156 valence electrons. The van der Waals surface area contributed by atoms with Crippen LogP contribution >= 0.6 is 0 Å². The molecule has 2 aromatic heterocycles. The van der Waals surface area contributed by atoms with E-state index >= 15 is 0 Å². The van der Waals surface area contributed by atoms with Gasteiger partial charge in [-0.1, -0.05) is 48.5 Å². The fourth-order valence-corrected chi connectivity index (χ4v) is 3.17. The van der Waals surface area contributed by atoms with Crippen molar-refractivity contribution in [1.29, 1.82) is 0 Å². The number of rotatable bonds is 6. The number of amides is 2. The zero-order valence-electron chi connectivity index (χ0n) is 16.9. The van der Waals surface area contributed by atoms with Crippen LogP contribution in [0.15, 0.2) is 83.8 Å². The molecule has 31 heavy (non-hydrogen) atoms. The second-order valence-electron chi connectivity index (χ2n) is 7.04. The summed E-state index contributed by atoms with van der Waals surface area (Å²) in [4.78, 5) is 39.3. The highest BCUT2D eigenvalue weighted by molar-refractivity contribution is 5.94. The number of fused-ring (bicyclic) bond motifs is 1. The average molecular weight is 415 g/mol. The van der Waals surface area contributed by atoms with Gasteiger partial charge < -0.3 is 10.2 Å². The summed E-state index contributed by atoms with van der Waals surface area (Å²) in [6, 6.07) is 21.9. The van der Waals surface area contributed by atoms with Gasteiger partial charge >= 0.3 is 5.69 Å². The van der Waals surface area contributed by atoms with Gasteiger partial charge in [-0.15, -0.1) is 5.10 Å². The summed E-state index contributed by atoms with van der Waals surface area (Å²) in [5.41, 5.74) is 1.91. The number of hydrogen-bond donors (Lipinski definition) is 1. The Bertz CT molecular complexity index is 1280. The Balaban J connectivity index is 1.50. The first-order chi connectivity index (χ1) is 15.0. The maximum absolute atomic E-state index is 12.7. The molecule has 8 nitrogen and oxygen atoms in total. The van der Waals surface area contributed by atoms with Gasteiger partial charge in [-0.2, -0.15) is 0 Å². The summed E-state index contributed by atoms with van der Waals surface area (Å²) in [6.45, 7) is 0.174. The quantitative estimate of drug-likeness (QED) is 0.522. The standard InChI is InChI=1S/C23H21N5O3/c1-26(19-10-6-3-7-11-19)21(29)16-28-23(31)27-15-18(12-13-20(27)25-28)22(30)24-14-17-8-4-2-5-9-17/h2-13,15H,14,16H2,1H3,(H,24,30). The van der Waals surface area contributed by atoms with E-state index in [9.17, 15) is 14.4 Å². The summed E-state index contributed by atoms with van der Waals surface area (Å²) >= 11 is 0. The average Bonchev–Trinajstić information content (AvgIpc) is 3.12. The minimum atomic E-state index is -0.484. The van der Waals surface area contributed by atoms with Gasteiger partial charge in [-0.25, -0.2) is 13.9 Å². The maximum Gasteiger partial charge on any atom is 0.350 e. The van der Waals surface area contributed by atoms with Crippen LogP contribution in [0.3, 0.4) is 0 Å². The second-order valence-corrected chi connectivity index (χ2v) is 7.04. The molecule has 0 saturated carbocycles. The lowest BCUT2D eigenvalue weighted by Crippen LogP contribution is -2.34. The van der Waals surface area contributed by atoms with Crippen molar-refractivity contribution < 1.29 is 9.59 Å². The lowest BCUT2D eigenvalue weighted by molar-refractivity contribution is -0.119. The van der Waals surface area contributed by atoms with Crippen molar-refractivity contribution in [3.05, 3.63) is 101 Å². The summed E-state index contributed by atoms with van der Waals surface area (Å²) < 4.78 is 2.37. The van der Waals surface area contributed by atoms with Gasteiger partial charge in [0.1, 0.15) is 6.54 Å². The normalized spacial score (nSPS) is 10.7. The van der Waals surface area contributed by atoms with E-state index in [4.69, 9.17) is 0 Å². The second kappa shape index (κ2) is 8.66. The molecule has 0 saturated heterocycles. The Morgan fingerprint density at radius 2 is 1.65 bits per heavy atom. The van der Waals surface area contributed by atoms with E-state index in [0.717, 1.165) is 15.9 Å². The number of para-hydroxylation sites is 1. The van der Waals surface area contributed by atoms with Crippen molar-refractivity contribution in [3.8, 4) is 0 Å². The Morgan fingerprint density at radius 3 is 2.35 bits per heavy atom. The number of nitrogens with zero attached hydrogens (tertiary/aromatic N) is 4. The smallest absolute Gasteiger partial charge is 0.348 e. The van der Waals surface area contributed by atoms with Crippen molar-refractivity contribution in [2.45, 2.75) is 13.1 Å². The van der Waals surface area contributed by atoms with E-state index in [0.29, 0.717) is 17.8 Å². The van der Waals surface area contributed by atoms with Crippen molar-refractivity contribution in [1.82, 2.24) is 19.5 Å². The zero-order chi connectivity index (χ0) is 21.8. The maximum atomic E-state index is 12.7. The van der Waals surface area contributed by atoms with E-state index in [2.05, 4.69) is 10.4 Å². The van der Waals surface area contributed by atoms with E-state index in [1.807, 2.05) is 60.7 Å². The number of nitrogens with one attached hydrogen (secondary N) is 1. The predicted molar refractivity (Wildman–Crippen MR) is 117 cm³/mol. The van der Waals surface area contributed by atoms with Crippen molar-refractivity contribution >= 4 is 23.1 Å². The molecule has 0 radical (unpaired) electrons. The molecule has 0 fully saturated rings.